The molecule has 3 nitrogen and oxygen atoms in total. The van der Waals surface area contributed by atoms with E-state index in [-0.39, 0.29) is 18.3 Å². The summed E-state index contributed by atoms with van der Waals surface area (Å²) in [5.41, 5.74) is 1.93. The lowest BCUT2D eigenvalue weighted by Crippen LogP contribution is -2.24. The normalized spacial score (nSPS) is 15.0. The van der Waals surface area contributed by atoms with Crippen LogP contribution in [-0.4, -0.2) is 16.2 Å². The van der Waals surface area contributed by atoms with Gasteiger partial charge < -0.3 is 10.2 Å². The molecule has 3 heteroatoms. The van der Waals surface area contributed by atoms with Crippen LogP contribution >= 0.6 is 0 Å². The van der Waals surface area contributed by atoms with Gasteiger partial charge >= 0.3 is 5.97 Å². The Morgan fingerprint density at radius 2 is 1.55 bits per heavy atom. The molecule has 2 aromatic carbocycles. The Hall–Kier alpha value is -2.13. The Morgan fingerprint density at radius 1 is 1.00 bits per heavy atom. The van der Waals surface area contributed by atoms with Gasteiger partial charge in [0.15, 0.2) is 0 Å². The van der Waals surface area contributed by atoms with Gasteiger partial charge in [0.05, 0.1) is 6.10 Å². The topological polar surface area (TPSA) is 57.5 Å². The molecule has 0 bridgehead atoms. The summed E-state index contributed by atoms with van der Waals surface area (Å²) >= 11 is 0. The molecule has 0 amide bonds. The quantitative estimate of drug-likeness (QED) is 0.819. The maximum Gasteiger partial charge on any atom is 0.303 e. The number of aliphatic hydroxyl groups excluding tert-OH is 1. The summed E-state index contributed by atoms with van der Waals surface area (Å²) in [5.74, 6) is -1.08. The molecule has 3 atom stereocenters. The van der Waals surface area contributed by atoms with Gasteiger partial charge in [-0.1, -0.05) is 67.6 Å². The van der Waals surface area contributed by atoms with Crippen LogP contribution in [0.4, 0.5) is 0 Å². The van der Waals surface area contributed by atoms with Gasteiger partial charge in [0.25, 0.3) is 0 Å². The molecule has 2 aromatic rings. The van der Waals surface area contributed by atoms with Crippen molar-refractivity contribution in [2.24, 2.45) is 11.8 Å². The summed E-state index contributed by atoms with van der Waals surface area (Å²) in [4.78, 5) is 11.2. The fourth-order valence-electron chi connectivity index (χ4n) is 2.80. The first kappa shape index (κ1) is 16.2. The highest BCUT2D eigenvalue weighted by molar-refractivity contribution is 5.67. The van der Waals surface area contributed by atoms with E-state index in [1.54, 1.807) is 0 Å². The van der Waals surface area contributed by atoms with Gasteiger partial charge in [0.1, 0.15) is 0 Å². The van der Waals surface area contributed by atoms with Crippen LogP contribution in [0.25, 0.3) is 0 Å². The van der Waals surface area contributed by atoms with E-state index in [4.69, 9.17) is 0 Å². The second-order valence-electron chi connectivity index (χ2n) is 5.76. The zero-order chi connectivity index (χ0) is 15.9. The summed E-state index contributed by atoms with van der Waals surface area (Å²) in [7, 11) is 0. The highest BCUT2D eigenvalue weighted by atomic mass is 16.4. The second kappa shape index (κ2) is 7.76. The minimum atomic E-state index is -0.826. The van der Waals surface area contributed by atoms with Crippen LogP contribution in [0.2, 0.25) is 0 Å². The molecule has 0 aliphatic rings. The van der Waals surface area contributed by atoms with Gasteiger partial charge in [-0.25, -0.2) is 0 Å². The fourth-order valence-corrected chi connectivity index (χ4v) is 2.80. The average molecular weight is 298 g/mol. The Kier molecular flexibility index (Phi) is 5.73. The number of carboxylic acids is 1. The molecule has 0 aliphatic carbocycles. The van der Waals surface area contributed by atoms with Crippen molar-refractivity contribution in [2.75, 3.05) is 0 Å². The van der Waals surface area contributed by atoms with E-state index < -0.39 is 12.1 Å². The van der Waals surface area contributed by atoms with Crippen LogP contribution in [0.3, 0.4) is 0 Å². The van der Waals surface area contributed by atoms with Gasteiger partial charge in [-0.15, -0.1) is 0 Å². The van der Waals surface area contributed by atoms with E-state index in [1.807, 2.05) is 67.6 Å². The molecule has 0 radical (unpaired) electrons. The van der Waals surface area contributed by atoms with Crippen molar-refractivity contribution in [1.29, 1.82) is 0 Å². The lowest BCUT2D eigenvalue weighted by Gasteiger charge is -2.27. The van der Waals surface area contributed by atoms with Gasteiger partial charge in [-0.2, -0.15) is 0 Å². The minimum Gasteiger partial charge on any atom is -0.481 e. The third-order valence-corrected chi connectivity index (χ3v) is 4.16. The molecule has 2 N–H and O–H groups in total. The molecular formula is C19H22O3. The first-order chi connectivity index (χ1) is 10.6. The Bertz CT molecular complexity index is 580. The van der Waals surface area contributed by atoms with Crippen molar-refractivity contribution in [3.05, 3.63) is 71.8 Å². The molecule has 0 fully saturated rings. The molecule has 22 heavy (non-hydrogen) atoms. The van der Waals surface area contributed by atoms with E-state index in [0.29, 0.717) is 6.42 Å². The van der Waals surface area contributed by atoms with Gasteiger partial charge in [-0.05, 0) is 29.4 Å². The molecule has 0 aromatic heterocycles. The third-order valence-electron chi connectivity index (χ3n) is 4.16. The lowest BCUT2D eigenvalue weighted by molar-refractivity contribution is -0.138. The first-order valence-electron chi connectivity index (χ1n) is 7.56. The van der Waals surface area contributed by atoms with E-state index in [1.165, 1.54) is 0 Å². The molecule has 0 heterocycles. The van der Waals surface area contributed by atoms with E-state index >= 15 is 0 Å². The SMILES string of the molecule is C[C@H](C(CC(=O)O)Cc1ccccc1)[C@H](O)c1ccccc1. The van der Waals surface area contributed by atoms with Crippen molar-refractivity contribution in [2.45, 2.75) is 25.9 Å². The molecule has 0 aliphatic heterocycles. The summed E-state index contributed by atoms with van der Waals surface area (Å²) in [5, 5.41) is 19.7. The molecule has 0 spiro atoms. The van der Waals surface area contributed by atoms with Gasteiger partial charge in [-0.3, -0.25) is 4.79 Å². The zero-order valence-electron chi connectivity index (χ0n) is 12.7. The monoisotopic (exact) mass is 298 g/mol. The van der Waals surface area contributed by atoms with Crippen LogP contribution in [0.1, 0.15) is 30.6 Å². The number of carboxylic acid groups (broad SMARTS) is 1. The smallest absolute Gasteiger partial charge is 0.303 e. The van der Waals surface area contributed by atoms with Gasteiger partial charge in [0, 0.05) is 6.42 Å². The van der Waals surface area contributed by atoms with E-state index in [0.717, 1.165) is 11.1 Å². The summed E-state index contributed by atoms with van der Waals surface area (Å²) in [6.45, 7) is 1.92. The van der Waals surface area contributed by atoms with Crippen LogP contribution in [-0.2, 0) is 11.2 Å². The highest BCUT2D eigenvalue weighted by Crippen LogP contribution is 2.32. The Balaban J connectivity index is 2.15. The van der Waals surface area contributed by atoms with E-state index in [9.17, 15) is 15.0 Å². The fraction of sp³-hybridized carbons (Fsp3) is 0.316. The van der Waals surface area contributed by atoms with Crippen LogP contribution in [0.15, 0.2) is 60.7 Å². The number of hydrogen-bond donors (Lipinski definition) is 2. The maximum atomic E-state index is 11.2. The highest BCUT2D eigenvalue weighted by Gasteiger charge is 2.27. The van der Waals surface area contributed by atoms with Gasteiger partial charge in [0.2, 0.25) is 0 Å². The molecule has 0 saturated heterocycles. The van der Waals surface area contributed by atoms with Crippen LogP contribution in [0, 0.1) is 11.8 Å². The van der Waals surface area contributed by atoms with Crippen molar-refractivity contribution in [3.63, 3.8) is 0 Å². The third kappa shape index (κ3) is 4.43. The molecule has 116 valence electrons. The molecule has 2 rings (SSSR count). The molecule has 1 unspecified atom stereocenters. The number of benzene rings is 2. The summed E-state index contributed by atoms with van der Waals surface area (Å²) in [6.07, 6.45) is 0.0484. The maximum absolute atomic E-state index is 11.2. The minimum absolute atomic E-state index is 0.0555. The molecule has 0 saturated carbocycles. The lowest BCUT2D eigenvalue weighted by atomic mass is 9.80. The van der Waals surface area contributed by atoms with Crippen LogP contribution in [0.5, 0.6) is 0 Å². The predicted octanol–water partition coefficient (Wildman–Crippen LogP) is 3.69. The summed E-state index contributed by atoms with van der Waals surface area (Å²) < 4.78 is 0. The summed E-state index contributed by atoms with van der Waals surface area (Å²) in [6, 6.07) is 19.3. The number of rotatable bonds is 7. The van der Waals surface area contributed by atoms with E-state index in [2.05, 4.69) is 0 Å². The molecular weight excluding hydrogens is 276 g/mol. The van der Waals surface area contributed by atoms with Crippen molar-refractivity contribution in [1.82, 2.24) is 0 Å². The Labute approximate surface area is 131 Å². The Morgan fingerprint density at radius 3 is 2.09 bits per heavy atom. The first-order valence-corrected chi connectivity index (χ1v) is 7.56. The number of aliphatic carboxylic acids is 1. The number of carbonyl (C=O) groups is 1. The largest absolute Gasteiger partial charge is 0.481 e. The zero-order valence-corrected chi connectivity index (χ0v) is 12.7. The number of hydrogen-bond acceptors (Lipinski definition) is 2. The van der Waals surface area contributed by atoms with Crippen molar-refractivity contribution in [3.8, 4) is 0 Å². The van der Waals surface area contributed by atoms with Crippen molar-refractivity contribution < 1.29 is 15.0 Å². The average Bonchev–Trinajstić information content (AvgIpc) is 2.54. The van der Waals surface area contributed by atoms with Crippen LogP contribution < -0.4 is 0 Å². The number of aliphatic hydroxyl groups is 1. The van der Waals surface area contributed by atoms with Crippen molar-refractivity contribution >= 4 is 5.97 Å². The predicted molar refractivity (Wildman–Crippen MR) is 86.5 cm³/mol. The second-order valence-corrected chi connectivity index (χ2v) is 5.76. The standard InChI is InChI=1S/C19H22O3/c1-14(19(22)16-10-6-3-7-11-16)17(13-18(20)21)12-15-8-4-2-5-9-15/h2-11,14,17,19,22H,12-13H2,1H3,(H,20,21)/t14-,17?,19+/m1/s1.